The van der Waals surface area contributed by atoms with Crippen LogP contribution in [0.4, 0.5) is 0 Å². The molecule has 260 valence electrons. The molecule has 2 saturated carbocycles. The lowest BCUT2D eigenvalue weighted by Gasteiger charge is -2.12. The maximum Gasteiger partial charge on any atom is 0.308 e. The summed E-state index contributed by atoms with van der Waals surface area (Å²) in [7, 11) is -2.94. The first kappa shape index (κ1) is 46.9. The SMILES string of the molecule is C.C.C.C.C.CC(C)C(=O)OC1CCCC1.CC(C)NS(=O)(=O)C1CC1.CC(C)Oc1nc2ccccc2nc1-c1cccs1. The Hall–Kier alpha value is -2.56. The van der Waals surface area contributed by atoms with Crippen LogP contribution in [-0.2, 0) is 19.6 Å². The zero-order valence-electron chi connectivity index (χ0n) is 24.4. The highest BCUT2D eigenvalue weighted by atomic mass is 32.2. The standard InChI is InChI=1S/C15H14N2OS.C9H16O2.C6H13NO2S.5CH4/c1-10(2)18-15-14(13-8-5-9-19-13)16-11-6-3-4-7-12(11)17-15;1-7(2)9(10)11-8-5-3-4-6-8;1-5(2)7-10(8,9)6-3-4-6;;;;;/h3-10H,1-2H3;7-8H,3-6H2,1-2H3;5-7H,3-4H2,1-2H3;5*1H4. The van der Waals surface area contributed by atoms with Crippen molar-refractivity contribution < 1.29 is 22.7 Å². The van der Waals surface area contributed by atoms with E-state index in [0.29, 0.717) is 5.88 Å². The number of esters is 1. The van der Waals surface area contributed by atoms with Crippen molar-refractivity contribution in [1.82, 2.24) is 14.7 Å². The second kappa shape index (κ2) is 22.0. The summed E-state index contributed by atoms with van der Waals surface area (Å²) in [4.78, 5) is 21.4. The Balaban J connectivity index is -0.000000595. The molecule has 3 aromatic rings. The Kier molecular flexibility index (Phi) is 23.0. The summed E-state index contributed by atoms with van der Waals surface area (Å²) in [5.41, 5.74) is 2.57. The van der Waals surface area contributed by atoms with Gasteiger partial charge < -0.3 is 9.47 Å². The molecule has 8 nitrogen and oxygen atoms in total. The van der Waals surface area contributed by atoms with E-state index < -0.39 is 10.0 Å². The van der Waals surface area contributed by atoms with Crippen molar-refractivity contribution >= 4 is 38.4 Å². The van der Waals surface area contributed by atoms with Gasteiger partial charge in [0.25, 0.3) is 0 Å². The maximum atomic E-state index is 11.1. The third-order valence-electron chi connectivity index (χ3n) is 6.06. The van der Waals surface area contributed by atoms with Gasteiger partial charge in [0.1, 0.15) is 11.8 Å². The van der Waals surface area contributed by atoms with Gasteiger partial charge in [-0.2, -0.15) is 0 Å². The van der Waals surface area contributed by atoms with E-state index >= 15 is 0 Å². The number of carbonyl (C=O) groups excluding carboxylic acids is 1. The van der Waals surface area contributed by atoms with Crippen LogP contribution in [-0.4, -0.2) is 47.9 Å². The molecule has 0 amide bonds. The van der Waals surface area contributed by atoms with Gasteiger partial charge in [-0.25, -0.2) is 23.1 Å². The number of carbonyl (C=O) groups is 1. The van der Waals surface area contributed by atoms with Crippen molar-refractivity contribution in [2.24, 2.45) is 5.92 Å². The average molecular weight is 670 g/mol. The van der Waals surface area contributed by atoms with Crippen LogP contribution in [0.2, 0.25) is 0 Å². The zero-order valence-corrected chi connectivity index (χ0v) is 26.1. The molecule has 0 radical (unpaired) electrons. The van der Waals surface area contributed by atoms with Gasteiger partial charge in [-0.05, 0) is 89.8 Å². The monoisotopic (exact) mass is 669 g/mol. The Morgan fingerprint density at radius 1 is 0.844 bits per heavy atom. The van der Waals surface area contributed by atoms with Crippen LogP contribution in [0.1, 0.15) is 117 Å². The number of hydrogen-bond donors (Lipinski definition) is 1. The first-order valence-corrected chi connectivity index (χ1v) is 16.6. The first-order chi connectivity index (χ1) is 19.0. The normalized spacial score (nSPS) is 13.8. The highest BCUT2D eigenvalue weighted by Gasteiger charge is 2.35. The molecule has 5 rings (SSSR count). The van der Waals surface area contributed by atoms with Gasteiger partial charge in [-0.15, -0.1) is 11.3 Å². The molecule has 0 atom stereocenters. The Morgan fingerprint density at radius 3 is 1.84 bits per heavy atom. The minimum atomic E-state index is -2.94. The summed E-state index contributed by atoms with van der Waals surface area (Å²) in [5.74, 6) is 0.587. The third-order valence-corrected chi connectivity index (χ3v) is 9.09. The van der Waals surface area contributed by atoms with E-state index in [1.807, 2.05) is 83.3 Å². The molecule has 0 bridgehead atoms. The molecule has 0 aliphatic heterocycles. The van der Waals surface area contributed by atoms with Crippen LogP contribution >= 0.6 is 11.3 Å². The van der Waals surface area contributed by atoms with Crippen molar-refractivity contribution in [1.29, 1.82) is 0 Å². The molecule has 1 aromatic carbocycles. The van der Waals surface area contributed by atoms with Crippen LogP contribution in [0.5, 0.6) is 5.88 Å². The predicted octanol–water partition coefficient (Wildman–Crippen LogP) is 9.93. The number of rotatable bonds is 8. The van der Waals surface area contributed by atoms with Gasteiger partial charge in [-0.3, -0.25) is 4.79 Å². The number of ether oxygens (including phenoxy) is 2. The van der Waals surface area contributed by atoms with Crippen LogP contribution in [0.25, 0.3) is 21.6 Å². The molecule has 1 N–H and O–H groups in total. The lowest BCUT2D eigenvalue weighted by atomic mass is 10.2. The number of nitrogens with zero attached hydrogens (tertiary/aromatic N) is 2. The smallest absolute Gasteiger partial charge is 0.308 e. The van der Waals surface area contributed by atoms with Gasteiger partial charge in [0.15, 0.2) is 0 Å². The number of aromatic nitrogens is 2. The summed E-state index contributed by atoms with van der Waals surface area (Å²) in [5, 5.41) is 1.95. The molecule has 2 aliphatic carbocycles. The highest BCUT2D eigenvalue weighted by molar-refractivity contribution is 7.90. The summed E-state index contributed by atoms with van der Waals surface area (Å²) < 4.78 is 35.8. The summed E-state index contributed by atoms with van der Waals surface area (Å²) in [6.45, 7) is 11.4. The van der Waals surface area contributed by atoms with Gasteiger partial charge in [-0.1, -0.05) is 69.2 Å². The molecule has 2 fully saturated rings. The van der Waals surface area contributed by atoms with Crippen molar-refractivity contribution in [2.75, 3.05) is 0 Å². The number of para-hydroxylation sites is 2. The summed E-state index contributed by atoms with van der Waals surface area (Å²) in [6.07, 6.45) is 6.55. The molecular formula is C35H63N3O5S2. The molecule has 45 heavy (non-hydrogen) atoms. The van der Waals surface area contributed by atoms with E-state index in [1.165, 1.54) is 12.8 Å². The van der Waals surface area contributed by atoms with E-state index in [-0.39, 0.29) is 72.5 Å². The molecule has 2 aromatic heterocycles. The van der Waals surface area contributed by atoms with Crippen LogP contribution in [0, 0.1) is 5.92 Å². The maximum absolute atomic E-state index is 11.1. The van der Waals surface area contributed by atoms with Gasteiger partial charge in [0.2, 0.25) is 15.9 Å². The second-order valence-electron chi connectivity index (χ2n) is 11.0. The largest absolute Gasteiger partial charge is 0.473 e. The fraction of sp³-hybridized carbons (Fsp3) is 0.629. The van der Waals surface area contributed by atoms with Crippen LogP contribution in [0.15, 0.2) is 41.8 Å². The number of nitrogens with one attached hydrogen (secondary N) is 1. The highest BCUT2D eigenvalue weighted by Crippen LogP contribution is 2.32. The number of hydrogen-bond acceptors (Lipinski definition) is 8. The molecule has 10 heteroatoms. The number of benzene rings is 1. The Bertz CT molecular complexity index is 1320. The van der Waals surface area contributed by atoms with Crippen molar-refractivity contribution in [3.05, 3.63) is 41.8 Å². The average Bonchev–Trinajstić information content (AvgIpc) is 3.38. The van der Waals surface area contributed by atoms with E-state index in [1.54, 1.807) is 11.3 Å². The van der Waals surface area contributed by atoms with Crippen molar-refractivity contribution in [3.8, 4) is 16.5 Å². The fourth-order valence-corrected chi connectivity index (χ4v) is 6.28. The summed E-state index contributed by atoms with van der Waals surface area (Å²) in [6, 6.07) is 11.9. The first-order valence-electron chi connectivity index (χ1n) is 14.1. The van der Waals surface area contributed by atoms with Crippen molar-refractivity contribution in [2.45, 2.75) is 141 Å². The van der Waals surface area contributed by atoms with Crippen LogP contribution in [0.3, 0.4) is 0 Å². The topological polar surface area (TPSA) is 107 Å². The van der Waals surface area contributed by atoms with E-state index in [4.69, 9.17) is 14.5 Å². The lowest BCUT2D eigenvalue weighted by molar-refractivity contribution is -0.152. The van der Waals surface area contributed by atoms with Crippen molar-refractivity contribution in [3.63, 3.8) is 0 Å². The minimum Gasteiger partial charge on any atom is -0.473 e. The van der Waals surface area contributed by atoms with Gasteiger partial charge in [0.05, 0.1) is 33.2 Å². The fourth-order valence-electron chi connectivity index (χ4n) is 3.97. The number of sulfonamides is 1. The summed E-state index contributed by atoms with van der Waals surface area (Å²) >= 11 is 1.64. The van der Waals surface area contributed by atoms with Gasteiger partial charge in [0, 0.05) is 6.04 Å². The minimum absolute atomic E-state index is 0. The Morgan fingerprint density at radius 2 is 1.40 bits per heavy atom. The predicted molar refractivity (Wildman–Crippen MR) is 196 cm³/mol. The van der Waals surface area contributed by atoms with Gasteiger partial charge >= 0.3 is 5.97 Å². The molecule has 0 unspecified atom stereocenters. The van der Waals surface area contributed by atoms with E-state index in [0.717, 1.165) is 47.3 Å². The quantitative estimate of drug-likeness (QED) is 0.238. The molecular weight excluding hydrogens is 607 g/mol. The third kappa shape index (κ3) is 15.5. The molecule has 0 saturated heterocycles. The molecule has 2 heterocycles. The molecule has 0 spiro atoms. The second-order valence-corrected chi connectivity index (χ2v) is 14.0. The van der Waals surface area contributed by atoms with E-state index in [9.17, 15) is 13.2 Å². The lowest BCUT2D eigenvalue weighted by Crippen LogP contribution is -2.32. The van der Waals surface area contributed by atoms with E-state index in [2.05, 4.69) is 9.71 Å². The number of thiophene rings is 1. The Labute approximate surface area is 279 Å². The number of fused-ring (bicyclic) bond motifs is 1. The zero-order chi connectivity index (χ0) is 29.3. The van der Waals surface area contributed by atoms with Crippen LogP contribution < -0.4 is 9.46 Å². The molecule has 2 aliphatic rings.